The van der Waals surface area contributed by atoms with E-state index in [1.165, 1.54) is 0 Å². The predicted molar refractivity (Wildman–Crippen MR) is 62.9 cm³/mol. The average molecular weight is 267 g/mol. The third-order valence-corrected chi connectivity index (χ3v) is 2.77. The van der Waals surface area contributed by atoms with Crippen molar-refractivity contribution in [3.63, 3.8) is 0 Å². The minimum Gasteiger partial charge on any atom is -0.308 e. The van der Waals surface area contributed by atoms with Gasteiger partial charge in [0.15, 0.2) is 0 Å². The van der Waals surface area contributed by atoms with Crippen molar-refractivity contribution >= 4 is 27.7 Å². The van der Waals surface area contributed by atoms with Gasteiger partial charge in [-0.25, -0.2) is 0 Å². The zero-order chi connectivity index (χ0) is 11.1. The van der Waals surface area contributed by atoms with Crippen molar-refractivity contribution < 1.29 is 4.79 Å². The lowest BCUT2D eigenvalue weighted by atomic mass is 10.1. The number of amidine groups is 1. The SMILES string of the molecule is CC1(C)N=C(c2cccc(Br)c2)NC1=O. The Morgan fingerprint density at radius 3 is 2.67 bits per heavy atom. The summed E-state index contributed by atoms with van der Waals surface area (Å²) >= 11 is 3.39. The molecule has 0 saturated heterocycles. The number of benzene rings is 1. The Morgan fingerprint density at radius 2 is 2.13 bits per heavy atom. The van der Waals surface area contributed by atoms with Gasteiger partial charge in [-0.1, -0.05) is 28.1 Å². The third kappa shape index (κ3) is 1.95. The number of carbonyl (C=O) groups is 1. The standard InChI is InChI=1S/C11H11BrN2O/c1-11(2)10(15)13-9(14-11)7-4-3-5-8(12)6-7/h3-6H,1-2H3,(H,13,14,15). The first kappa shape index (κ1) is 10.4. The molecule has 3 nitrogen and oxygen atoms in total. The normalized spacial score (nSPS) is 18.6. The molecular formula is C11H11BrN2O. The van der Waals surface area contributed by atoms with Gasteiger partial charge in [0.1, 0.15) is 11.4 Å². The Balaban J connectivity index is 2.39. The van der Waals surface area contributed by atoms with Crippen LogP contribution in [0.4, 0.5) is 0 Å². The Hall–Kier alpha value is -1.16. The monoisotopic (exact) mass is 266 g/mol. The number of hydrogen-bond acceptors (Lipinski definition) is 2. The van der Waals surface area contributed by atoms with Crippen LogP contribution in [0.1, 0.15) is 19.4 Å². The quantitative estimate of drug-likeness (QED) is 0.831. The van der Waals surface area contributed by atoms with E-state index in [4.69, 9.17) is 0 Å². The van der Waals surface area contributed by atoms with Gasteiger partial charge in [0.2, 0.25) is 0 Å². The van der Waals surface area contributed by atoms with Gasteiger partial charge in [-0.3, -0.25) is 9.79 Å². The number of carbonyl (C=O) groups excluding carboxylic acids is 1. The minimum absolute atomic E-state index is 0.0579. The molecule has 78 valence electrons. The molecule has 1 amide bonds. The molecule has 0 aliphatic carbocycles. The number of aliphatic imine (C=N–C) groups is 1. The maximum Gasteiger partial charge on any atom is 0.252 e. The lowest BCUT2D eigenvalue weighted by molar-refractivity contribution is -0.122. The zero-order valence-electron chi connectivity index (χ0n) is 8.54. The van der Waals surface area contributed by atoms with Crippen LogP contribution >= 0.6 is 15.9 Å². The molecule has 1 N–H and O–H groups in total. The molecule has 2 rings (SSSR count). The summed E-state index contributed by atoms with van der Waals surface area (Å²) in [5.41, 5.74) is 0.265. The van der Waals surface area contributed by atoms with Crippen LogP contribution in [0.2, 0.25) is 0 Å². The van der Waals surface area contributed by atoms with Gasteiger partial charge < -0.3 is 5.32 Å². The first-order chi connectivity index (χ1) is 6.99. The molecule has 0 aromatic heterocycles. The number of hydrogen-bond donors (Lipinski definition) is 1. The number of amides is 1. The van der Waals surface area contributed by atoms with Crippen molar-refractivity contribution in [3.8, 4) is 0 Å². The highest BCUT2D eigenvalue weighted by molar-refractivity contribution is 9.10. The second kappa shape index (κ2) is 3.45. The van der Waals surface area contributed by atoms with Crippen molar-refractivity contribution in [2.24, 2.45) is 4.99 Å². The third-order valence-electron chi connectivity index (χ3n) is 2.28. The minimum atomic E-state index is -0.655. The van der Waals surface area contributed by atoms with E-state index in [0.717, 1.165) is 10.0 Å². The second-order valence-corrected chi connectivity index (χ2v) is 4.90. The average Bonchev–Trinajstić information content (AvgIpc) is 2.42. The van der Waals surface area contributed by atoms with Crippen LogP contribution in [0.15, 0.2) is 33.7 Å². The lowest BCUT2D eigenvalue weighted by Crippen LogP contribution is -2.34. The zero-order valence-corrected chi connectivity index (χ0v) is 10.1. The van der Waals surface area contributed by atoms with Crippen LogP contribution in [0.5, 0.6) is 0 Å². The van der Waals surface area contributed by atoms with Crippen molar-refractivity contribution in [1.82, 2.24) is 5.32 Å². The van der Waals surface area contributed by atoms with Gasteiger partial charge in [0.05, 0.1) is 0 Å². The van der Waals surface area contributed by atoms with Crippen molar-refractivity contribution in [2.75, 3.05) is 0 Å². The molecule has 1 aromatic carbocycles. The van der Waals surface area contributed by atoms with Crippen LogP contribution in [0, 0.1) is 0 Å². The molecule has 1 aromatic rings. The summed E-state index contributed by atoms with van der Waals surface area (Å²) in [6.07, 6.45) is 0. The molecule has 1 aliphatic rings. The largest absolute Gasteiger partial charge is 0.308 e. The van der Waals surface area contributed by atoms with Gasteiger partial charge in [-0.05, 0) is 26.0 Å². The van der Waals surface area contributed by atoms with E-state index in [1.807, 2.05) is 24.3 Å². The van der Waals surface area contributed by atoms with Crippen LogP contribution < -0.4 is 5.32 Å². The number of rotatable bonds is 1. The first-order valence-electron chi connectivity index (χ1n) is 4.66. The Kier molecular flexibility index (Phi) is 2.38. The van der Waals surface area contributed by atoms with Crippen LogP contribution in [0.25, 0.3) is 0 Å². The summed E-state index contributed by atoms with van der Waals surface area (Å²) in [4.78, 5) is 15.9. The first-order valence-corrected chi connectivity index (χ1v) is 5.45. The smallest absolute Gasteiger partial charge is 0.252 e. The van der Waals surface area contributed by atoms with Gasteiger partial charge >= 0.3 is 0 Å². The molecular weight excluding hydrogens is 256 g/mol. The maximum absolute atomic E-state index is 11.5. The highest BCUT2D eigenvalue weighted by Crippen LogP contribution is 2.19. The lowest BCUT2D eigenvalue weighted by Gasteiger charge is -2.07. The van der Waals surface area contributed by atoms with E-state index in [-0.39, 0.29) is 5.91 Å². The molecule has 0 saturated carbocycles. The highest BCUT2D eigenvalue weighted by atomic mass is 79.9. The topological polar surface area (TPSA) is 41.5 Å². The van der Waals surface area contributed by atoms with Crippen LogP contribution in [-0.2, 0) is 4.79 Å². The Bertz CT molecular complexity index is 452. The molecule has 1 heterocycles. The number of nitrogens with zero attached hydrogens (tertiary/aromatic N) is 1. The second-order valence-electron chi connectivity index (χ2n) is 3.98. The van der Waals surface area contributed by atoms with E-state index < -0.39 is 5.54 Å². The molecule has 0 radical (unpaired) electrons. The molecule has 4 heteroatoms. The van der Waals surface area contributed by atoms with Crippen molar-refractivity contribution in [3.05, 3.63) is 34.3 Å². The van der Waals surface area contributed by atoms with Gasteiger partial charge in [0, 0.05) is 10.0 Å². The fourth-order valence-electron chi connectivity index (χ4n) is 1.39. The molecule has 0 fully saturated rings. The fraction of sp³-hybridized carbons (Fsp3) is 0.273. The summed E-state index contributed by atoms with van der Waals surface area (Å²) in [6.45, 7) is 3.60. The van der Waals surface area contributed by atoms with E-state index in [2.05, 4.69) is 26.2 Å². The van der Waals surface area contributed by atoms with Crippen LogP contribution in [-0.4, -0.2) is 17.3 Å². The summed E-state index contributed by atoms with van der Waals surface area (Å²) in [5, 5.41) is 2.78. The van der Waals surface area contributed by atoms with E-state index >= 15 is 0 Å². The molecule has 0 atom stereocenters. The highest BCUT2D eigenvalue weighted by Gasteiger charge is 2.34. The summed E-state index contributed by atoms with van der Waals surface area (Å²) in [6, 6.07) is 7.71. The number of halogens is 1. The van der Waals surface area contributed by atoms with E-state index in [1.54, 1.807) is 13.8 Å². The molecule has 0 unspecified atom stereocenters. The fourth-order valence-corrected chi connectivity index (χ4v) is 1.79. The van der Waals surface area contributed by atoms with Crippen molar-refractivity contribution in [2.45, 2.75) is 19.4 Å². The summed E-state index contributed by atoms with van der Waals surface area (Å²) in [7, 11) is 0. The van der Waals surface area contributed by atoms with E-state index in [9.17, 15) is 4.79 Å². The van der Waals surface area contributed by atoms with E-state index in [0.29, 0.717) is 5.84 Å². The van der Waals surface area contributed by atoms with Gasteiger partial charge in [0.25, 0.3) is 5.91 Å². The molecule has 15 heavy (non-hydrogen) atoms. The molecule has 0 bridgehead atoms. The molecule has 0 spiro atoms. The summed E-state index contributed by atoms with van der Waals surface area (Å²) < 4.78 is 0.974. The Morgan fingerprint density at radius 1 is 1.40 bits per heavy atom. The summed E-state index contributed by atoms with van der Waals surface area (Å²) in [5.74, 6) is 0.587. The van der Waals surface area contributed by atoms with Gasteiger partial charge in [-0.2, -0.15) is 0 Å². The number of nitrogens with one attached hydrogen (secondary N) is 1. The maximum atomic E-state index is 11.5. The predicted octanol–water partition coefficient (Wildman–Crippen LogP) is 2.10. The van der Waals surface area contributed by atoms with Gasteiger partial charge in [-0.15, -0.1) is 0 Å². The molecule has 1 aliphatic heterocycles. The Labute approximate surface area is 96.7 Å². The van der Waals surface area contributed by atoms with Crippen LogP contribution in [0.3, 0.4) is 0 Å². The van der Waals surface area contributed by atoms with Crippen molar-refractivity contribution in [1.29, 1.82) is 0 Å².